The summed E-state index contributed by atoms with van der Waals surface area (Å²) in [6, 6.07) is 7.74. The van der Waals surface area contributed by atoms with Crippen molar-refractivity contribution in [2.24, 2.45) is 10.3 Å². The van der Waals surface area contributed by atoms with Crippen LogP contribution in [0.5, 0.6) is 0 Å². The summed E-state index contributed by atoms with van der Waals surface area (Å²) in [5.41, 5.74) is 0.764. The van der Waals surface area contributed by atoms with E-state index in [4.69, 9.17) is 0 Å². The van der Waals surface area contributed by atoms with Crippen molar-refractivity contribution in [3.05, 3.63) is 29.8 Å². The Kier molecular flexibility index (Phi) is 3.04. The van der Waals surface area contributed by atoms with Gasteiger partial charge in [0.05, 0.1) is 0 Å². The van der Waals surface area contributed by atoms with Gasteiger partial charge in [-0.1, -0.05) is 12.1 Å². The fourth-order valence-electron chi connectivity index (χ4n) is 3.75. The Morgan fingerprint density at radius 2 is 2.10 bits per heavy atom. The number of piperidine rings is 2. The van der Waals surface area contributed by atoms with Crippen molar-refractivity contribution in [3.63, 3.8) is 0 Å². The Morgan fingerprint density at radius 1 is 1.24 bits per heavy atom. The lowest BCUT2D eigenvalue weighted by atomic mass is 9.85. The van der Waals surface area contributed by atoms with Crippen molar-refractivity contribution in [1.82, 2.24) is 10.2 Å². The molecule has 6 heteroatoms. The number of hydrogen-bond acceptors (Lipinski definition) is 4. The molecule has 1 aromatic rings. The standard InChI is InChI=1S/C15H19N3O2S/c19-21(20)14-6-2-1-5-12(14)15(17-21)18-9-7-13-11(10-18)4-3-8-16-13/h1-2,5-6,11,13,16H,3-4,7-10H2. The van der Waals surface area contributed by atoms with E-state index in [9.17, 15) is 8.42 Å². The molecule has 2 fully saturated rings. The number of benzene rings is 1. The summed E-state index contributed by atoms with van der Waals surface area (Å²) in [7, 11) is -3.50. The zero-order valence-electron chi connectivity index (χ0n) is 11.8. The fraction of sp³-hybridized carbons (Fsp3) is 0.533. The lowest BCUT2D eigenvalue weighted by Gasteiger charge is -2.42. The van der Waals surface area contributed by atoms with Gasteiger partial charge in [-0.3, -0.25) is 0 Å². The van der Waals surface area contributed by atoms with Gasteiger partial charge in [-0.2, -0.15) is 8.42 Å². The minimum Gasteiger partial charge on any atom is -0.355 e. The van der Waals surface area contributed by atoms with Gasteiger partial charge in [-0.25, -0.2) is 0 Å². The molecule has 0 radical (unpaired) electrons. The molecule has 4 rings (SSSR count). The van der Waals surface area contributed by atoms with Crippen molar-refractivity contribution < 1.29 is 8.42 Å². The predicted octanol–water partition coefficient (Wildman–Crippen LogP) is 1.21. The number of nitrogens with one attached hydrogen (secondary N) is 1. The van der Waals surface area contributed by atoms with Crippen LogP contribution in [0.1, 0.15) is 24.8 Å². The average Bonchev–Trinajstić information content (AvgIpc) is 2.79. The Bertz CT molecular complexity index is 699. The van der Waals surface area contributed by atoms with Crippen LogP contribution >= 0.6 is 0 Å². The zero-order chi connectivity index (χ0) is 14.4. The average molecular weight is 305 g/mol. The summed E-state index contributed by atoms with van der Waals surface area (Å²) >= 11 is 0. The number of likely N-dealkylation sites (tertiary alicyclic amines) is 1. The summed E-state index contributed by atoms with van der Waals surface area (Å²) in [5, 5.41) is 3.58. The van der Waals surface area contributed by atoms with Crippen LogP contribution < -0.4 is 5.32 Å². The van der Waals surface area contributed by atoms with E-state index in [1.54, 1.807) is 12.1 Å². The summed E-state index contributed by atoms with van der Waals surface area (Å²) < 4.78 is 28.4. The first-order valence-corrected chi connectivity index (χ1v) is 9.02. The summed E-state index contributed by atoms with van der Waals surface area (Å²) in [6.07, 6.45) is 3.48. The van der Waals surface area contributed by atoms with E-state index < -0.39 is 10.0 Å². The molecule has 0 spiro atoms. The molecule has 2 unspecified atom stereocenters. The third-order valence-corrected chi connectivity index (χ3v) is 6.13. The monoisotopic (exact) mass is 305 g/mol. The van der Waals surface area contributed by atoms with Crippen molar-refractivity contribution >= 4 is 15.9 Å². The Morgan fingerprint density at radius 3 is 3.00 bits per heavy atom. The summed E-state index contributed by atoms with van der Waals surface area (Å²) in [5.74, 6) is 1.25. The molecular formula is C15H19N3O2S. The van der Waals surface area contributed by atoms with Crippen molar-refractivity contribution in [2.45, 2.75) is 30.2 Å². The molecule has 1 N–H and O–H groups in total. The third kappa shape index (κ3) is 2.17. The molecular weight excluding hydrogens is 286 g/mol. The molecule has 0 saturated carbocycles. The maximum atomic E-state index is 12.2. The van der Waals surface area contributed by atoms with E-state index in [0.29, 0.717) is 22.7 Å². The van der Waals surface area contributed by atoms with Gasteiger partial charge in [0.2, 0.25) is 0 Å². The predicted molar refractivity (Wildman–Crippen MR) is 80.9 cm³/mol. The second-order valence-electron chi connectivity index (χ2n) is 6.08. The van der Waals surface area contributed by atoms with Crippen LogP contribution in [-0.4, -0.2) is 44.8 Å². The Hall–Kier alpha value is -1.40. The highest BCUT2D eigenvalue weighted by atomic mass is 32.2. The Labute approximate surface area is 125 Å². The van der Waals surface area contributed by atoms with Crippen LogP contribution in [0, 0.1) is 5.92 Å². The minimum absolute atomic E-state index is 0.351. The first-order chi connectivity index (χ1) is 10.1. The molecule has 2 saturated heterocycles. The summed E-state index contributed by atoms with van der Waals surface area (Å²) in [6.45, 7) is 2.89. The Balaban J connectivity index is 1.66. The van der Waals surface area contributed by atoms with E-state index in [0.717, 1.165) is 31.6 Å². The number of amidine groups is 1. The van der Waals surface area contributed by atoms with Crippen molar-refractivity contribution in [1.29, 1.82) is 0 Å². The number of hydrogen-bond donors (Lipinski definition) is 1. The highest BCUT2D eigenvalue weighted by Gasteiger charge is 2.37. The van der Waals surface area contributed by atoms with E-state index in [2.05, 4.69) is 14.6 Å². The molecule has 0 aliphatic carbocycles. The number of fused-ring (bicyclic) bond motifs is 2. The fourth-order valence-corrected chi connectivity index (χ4v) is 4.98. The molecule has 5 nitrogen and oxygen atoms in total. The second-order valence-corrected chi connectivity index (χ2v) is 7.66. The summed E-state index contributed by atoms with van der Waals surface area (Å²) in [4.78, 5) is 2.52. The highest BCUT2D eigenvalue weighted by Crippen LogP contribution is 2.31. The van der Waals surface area contributed by atoms with Crippen LogP contribution in [0.15, 0.2) is 33.6 Å². The number of nitrogens with zero attached hydrogens (tertiary/aromatic N) is 2. The molecule has 112 valence electrons. The van der Waals surface area contributed by atoms with Crippen LogP contribution in [-0.2, 0) is 10.0 Å². The molecule has 21 heavy (non-hydrogen) atoms. The largest absolute Gasteiger partial charge is 0.355 e. The lowest BCUT2D eigenvalue weighted by molar-refractivity contribution is 0.164. The van der Waals surface area contributed by atoms with Crippen LogP contribution in [0.2, 0.25) is 0 Å². The molecule has 0 bridgehead atoms. The molecule has 3 aliphatic rings. The lowest BCUT2D eigenvalue weighted by Crippen LogP contribution is -2.53. The quantitative estimate of drug-likeness (QED) is 0.782. The molecule has 2 atom stereocenters. The van der Waals surface area contributed by atoms with Gasteiger partial charge in [-0.15, -0.1) is 4.40 Å². The van der Waals surface area contributed by atoms with Crippen molar-refractivity contribution in [3.8, 4) is 0 Å². The van der Waals surface area contributed by atoms with Crippen LogP contribution in [0.25, 0.3) is 0 Å². The first-order valence-electron chi connectivity index (χ1n) is 7.58. The normalized spacial score (nSPS) is 30.5. The van der Waals surface area contributed by atoms with Crippen LogP contribution in [0.3, 0.4) is 0 Å². The van der Waals surface area contributed by atoms with Gasteiger partial charge in [0.15, 0.2) is 5.84 Å². The molecule has 0 amide bonds. The van der Waals surface area contributed by atoms with E-state index in [1.807, 2.05) is 12.1 Å². The minimum atomic E-state index is -3.50. The smallest absolute Gasteiger partial charge is 0.285 e. The van der Waals surface area contributed by atoms with Crippen LogP contribution in [0.4, 0.5) is 0 Å². The maximum Gasteiger partial charge on any atom is 0.285 e. The molecule has 1 aromatic carbocycles. The highest BCUT2D eigenvalue weighted by molar-refractivity contribution is 7.90. The van der Waals surface area contributed by atoms with E-state index >= 15 is 0 Å². The van der Waals surface area contributed by atoms with Crippen molar-refractivity contribution in [2.75, 3.05) is 19.6 Å². The maximum absolute atomic E-state index is 12.2. The number of rotatable bonds is 0. The first kappa shape index (κ1) is 13.3. The number of sulfonamides is 1. The van der Waals surface area contributed by atoms with Gasteiger partial charge in [0, 0.05) is 24.7 Å². The van der Waals surface area contributed by atoms with Gasteiger partial charge >= 0.3 is 0 Å². The zero-order valence-corrected chi connectivity index (χ0v) is 12.6. The topological polar surface area (TPSA) is 61.8 Å². The van der Waals surface area contributed by atoms with Gasteiger partial charge in [0.25, 0.3) is 10.0 Å². The molecule has 0 aromatic heterocycles. The van der Waals surface area contributed by atoms with Gasteiger partial charge in [-0.05, 0) is 43.9 Å². The SMILES string of the molecule is O=S1(=O)N=C(N2CCC3NCCCC3C2)c2ccccc21. The van der Waals surface area contributed by atoms with E-state index in [-0.39, 0.29) is 0 Å². The molecule has 3 aliphatic heterocycles. The third-order valence-electron chi connectivity index (χ3n) is 4.80. The molecule has 3 heterocycles. The second kappa shape index (κ2) is 4.81. The van der Waals surface area contributed by atoms with Gasteiger partial charge in [0.1, 0.15) is 4.90 Å². The van der Waals surface area contributed by atoms with E-state index in [1.165, 1.54) is 12.8 Å². The van der Waals surface area contributed by atoms with Gasteiger partial charge < -0.3 is 10.2 Å².